The number of sulfonamides is 1. The topological polar surface area (TPSA) is 57.7 Å². The first kappa shape index (κ1) is 20.4. The Balaban J connectivity index is 1.46. The molecule has 0 unspecified atom stereocenters. The number of aryl methyl sites for hydroxylation is 1. The van der Waals surface area contributed by atoms with Gasteiger partial charge in [0.05, 0.1) is 10.6 Å². The summed E-state index contributed by atoms with van der Waals surface area (Å²) >= 11 is 1.53. The molecule has 0 bridgehead atoms. The molecule has 0 aliphatic carbocycles. The van der Waals surface area contributed by atoms with Gasteiger partial charge in [-0.05, 0) is 62.1 Å². The van der Waals surface area contributed by atoms with E-state index >= 15 is 0 Å². The molecule has 154 valence electrons. The highest BCUT2D eigenvalue weighted by Crippen LogP contribution is 2.32. The van der Waals surface area contributed by atoms with Crippen molar-refractivity contribution in [2.24, 2.45) is 0 Å². The summed E-state index contributed by atoms with van der Waals surface area (Å²) in [5.74, 6) is 0.428. The van der Waals surface area contributed by atoms with E-state index in [1.807, 2.05) is 31.2 Å². The van der Waals surface area contributed by atoms with Crippen LogP contribution >= 0.6 is 11.8 Å². The van der Waals surface area contributed by atoms with Crippen molar-refractivity contribution in [2.75, 3.05) is 30.3 Å². The van der Waals surface area contributed by atoms with E-state index in [0.717, 1.165) is 35.4 Å². The second-order valence-electron chi connectivity index (χ2n) is 7.65. The summed E-state index contributed by atoms with van der Waals surface area (Å²) in [7, 11) is -3.45. The maximum atomic E-state index is 12.9. The van der Waals surface area contributed by atoms with Crippen LogP contribution in [-0.4, -0.2) is 44.0 Å². The molecule has 2 aromatic rings. The first-order chi connectivity index (χ1) is 13.9. The Kier molecular flexibility index (Phi) is 5.99. The van der Waals surface area contributed by atoms with E-state index in [9.17, 15) is 13.2 Å². The number of thioether (sulfide) groups is 1. The molecule has 1 fully saturated rings. The van der Waals surface area contributed by atoms with Crippen molar-refractivity contribution in [1.29, 1.82) is 0 Å². The summed E-state index contributed by atoms with van der Waals surface area (Å²) in [6, 6.07) is 13.4. The number of amides is 1. The van der Waals surface area contributed by atoms with Gasteiger partial charge in [-0.3, -0.25) is 4.79 Å². The van der Waals surface area contributed by atoms with Crippen LogP contribution in [0.1, 0.15) is 30.4 Å². The lowest BCUT2D eigenvalue weighted by molar-refractivity contribution is -0.116. The molecule has 2 aliphatic heterocycles. The van der Waals surface area contributed by atoms with E-state index < -0.39 is 10.0 Å². The number of fused-ring (bicyclic) bond motifs is 1. The Hall–Kier alpha value is -1.83. The fourth-order valence-corrected chi connectivity index (χ4v) is 6.25. The minimum atomic E-state index is -3.45. The van der Waals surface area contributed by atoms with Crippen molar-refractivity contribution in [3.05, 3.63) is 53.6 Å². The van der Waals surface area contributed by atoms with Crippen LogP contribution in [0.3, 0.4) is 0 Å². The molecule has 0 aromatic heterocycles. The van der Waals surface area contributed by atoms with Gasteiger partial charge in [-0.15, -0.1) is 11.8 Å². The highest BCUT2D eigenvalue weighted by Gasteiger charge is 2.30. The number of hydrogen-bond acceptors (Lipinski definition) is 4. The van der Waals surface area contributed by atoms with Crippen LogP contribution in [0, 0.1) is 6.92 Å². The number of piperidine rings is 1. The number of carbonyl (C=O) groups is 1. The van der Waals surface area contributed by atoms with Crippen molar-refractivity contribution in [3.63, 3.8) is 0 Å². The number of hydrogen-bond donors (Lipinski definition) is 0. The van der Waals surface area contributed by atoms with Crippen LogP contribution in [0.2, 0.25) is 0 Å². The number of nitrogens with zero attached hydrogens (tertiary/aromatic N) is 2. The van der Waals surface area contributed by atoms with E-state index in [4.69, 9.17) is 0 Å². The Morgan fingerprint density at radius 3 is 2.45 bits per heavy atom. The Morgan fingerprint density at radius 2 is 1.72 bits per heavy atom. The molecular weight excluding hydrogens is 404 g/mol. The van der Waals surface area contributed by atoms with Crippen LogP contribution in [-0.2, 0) is 21.2 Å². The number of anilines is 1. The molecule has 29 heavy (non-hydrogen) atoms. The third-order valence-corrected chi connectivity index (χ3v) is 8.48. The molecule has 1 amide bonds. The quantitative estimate of drug-likeness (QED) is 0.676. The van der Waals surface area contributed by atoms with Gasteiger partial charge in [0.25, 0.3) is 0 Å². The van der Waals surface area contributed by atoms with E-state index in [1.54, 1.807) is 27.4 Å². The van der Waals surface area contributed by atoms with Crippen molar-refractivity contribution in [1.82, 2.24) is 4.31 Å². The molecule has 4 rings (SSSR count). The zero-order valence-corrected chi connectivity index (χ0v) is 18.3. The lowest BCUT2D eigenvalue weighted by Crippen LogP contribution is -2.35. The van der Waals surface area contributed by atoms with Gasteiger partial charge in [0.1, 0.15) is 0 Å². The van der Waals surface area contributed by atoms with Gasteiger partial charge < -0.3 is 4.90 Å². The number of carbonyl (C=O) groups excluding carboxylic acids is 1. The van der Waals surface area contributed by atoms with Gasteiger partial charge >= 0.3 is 0 Å². The second kappa shape index (κ2) is 8.50. The van der Waals surface area contributed by atoms with Gasteiger partial charge in [-0.25, -0.2) is 8.42 Å². The first-order valence-corrected chi connectivity index (χ1v) is 12.5. The van der Waals surface area contributed by atoms with Gasteiger partial charge in [0, 0.05) is 30.2 Å². The zero-order chi connectivity index (χ0) is 20.4. The fourth-order valence-electron chi connectivity index (χ4n) is 3.91. The molecule has 5 nitrogen and oxygen atoms in total. The van der Waals surface area contributed by atoms with Gasteiger partial charge in [-0.1, -0.05) is 24.1 Å². The minimum Gasteiger partial charge on any atom is -0.311 e. The van der Waals surface area contributed by atoms with E-state index in [1.165, 1.54) is 17.3 Å². The number of rotatable bonds is 5. The second-order valence-corrected chi connectivity index (χ2v) is 10.6. The molecular formula is C22H26N2O3S2. The van der Waals surface area contributed by atoms with Crippen LogP contribution in [0.25, 0.3) is 0 Å². The maximum absolute atomic E-state index is 12.9. The summed E-state index contributed by atoms with van der Waals surface area (Å²) in [6.07, 6.45) is 3.63. The normalized spacial score (nSPS) is 17.3. The highest BCUT2D eigenvalue weighted by molar-refractivity contribution is 8.00. The SMILES string of the molecule is Cc1ccc(SCC(=O)N2CCc3cc(S(=O)(=O)N4CCCCC4)ccc32)cc1. The fraction of sp³-hybridized carbons (Fsp3) is 0.409. The molecule has 0 saturated carbocycles. The van der Waals surface area contributed by atoms with Gasteiger partial charge in [0.2, 0.25) is 15.9 Å². The van der Waals surface area contributed by atoms with E-state index in [2.05, 4.69) is 0 Å². The van der Waals surface area contributed by atoms with Gasteiger partial charge in [-0.2, -0.15) is 4.31 Å². The predicted octanol–water partition coefficient (Wildman–Crippen LogP) is 3.85. The number of benzene rings is 2. The third kappa shape index (κ3) is 4.37. The molecule has 2 heterocycles. The highest BCUT2D eigenvalue weighted by atomic mass is 32.2. The molecule has 0 N–H and O–H groups in total. The molecule has 0 spiro atoms. The third-order valence-electron chi connectivity index (χ3n) is 5.58. The molecule has 7 heteroatoms. The largest absolute Gasteiger partial charge is 0.311 e. The molecule has 0 radical (unpaired) electrons. The summed E-state index contributed by atoms with van der Waals surface area (Å²) in [5, 5.41) is 0. The summed E-state index contributed by atoms with van der Waals surface area (Å²) in [5.41, 5.74) is 2.98. The van der Waals surface area contributed by atoms with Crippen molar-refractivity contribution >= 4 is 33.4 Å². The summed E-state index contributed by atoms with van der Waals surface area (Å²) in [4.78, 5) is 16.0. The van der Waals surface area contributed by atoms with Crippen molar-refractivity contribution in [2.45, 2.75) is 42.4 Å². The summed E-state index contributed by atoms with van der Waals surface area (Å²) in [6.45, 7) is 3.84. The van der Waals surface area contributed by atoms with Crippen LogP contribution in [0.15, 0.2) is 52.3 Å². The average molecular weight is 431 g/mol. The van der Waals surface area contributed by atoms with Crippen molar-refractivity contribution in [3.8, 4) is 0 Å². The Morgan fingerprint density at radius 1 is 1.00 bits per heavy atom. The molecule has 2 aromatic carbocycles. The van der Waals surface area contributed by atoms with Crippen LogP contribution in [0.4, 0.5) is 5.69 Å². The van der Waals surface area contributed by atoms with Crippen LogP contribution < -0.4 is 4.90 Å². The zero-order valence-electron chi connectivity index (χ0n) is 16.6. The average Bonchev–Trinajstić information content (AvgIpc) is 3.17. The molecule has 2 aliphatic rings. The lowest BCUT2D eigenvalue weighted by atomic mass is 10.2. The predicted molar refractivity (Wildman–Crippen MR) is 117 cm³/mol. The smallest absolute Gasteiger partial charge is 0.243 e. The van der Waals surface area contributed by atoms with Crippen molar-refractivity contribution < 1.29 is 13.2 Å². The van der Waals surface area contributed by atoms with E-state index in [-0.39, 0.29) is 5.91 Å². The first-order valence-electron chi connectivity index (χ1n) is 10.1. The summed E-state index contributed by atoms with van der Waals surface area (Å²) < 4.78 is 27.4. The van der Waals surface area contributed by atoms with Gasteiger partial charge in [0.15, 0.2) is 0 Å². The minimum absolute atomic E-state index is 0.0564. The Labute approximate surface area is 177 Å². The maximum Gasteiger partial charge on any atom is 0.243 e. The molecule has 1 saturated heterocycles. The van der Waals surface area contributed by atoms with Crippen LogP contribution in [0.5, 0.6) is 0 Å². The standard InChI is InChI=1S/C22H26N2O3S2/c1-17-5-7-19(8-6-17)28-16-22(25)24-14-11-18-15-20(9-10-21(18)24)29(26,27)23-12-3-2-4-13-23/h5-10,15H,2-4,11-14,16H2,1H3. The molecule has 0 atom stereocenters. The van der Waals surface area contributed by atoms with E-state index in [0.29, 0.717) is 36.7 Å². The lowest BCUT2D eigenvalue weighted by Gasteiger charge is -2.26. The Bertz CT molecular complexity index is 997. The monoisotopic (exact) mass is 430 g/mol.